The second-order valence-electron chi connectivity index (χ2n) is 4.98. The van der Waals surface area contributed by atoms with Crippen LogP contribution in [0.4, 0.5) is 0 Å². The van der Waals surface area contributed by atoms with Crippen molar-refractivity contribution in [2.75, 3.05) is 0 Å². The highest BCUT2D eigenvalue weighted by atomic mass is 16.3. The molecule has 0 radical (unpaired) electrons. The van der Waals surface area contributed by atoms with Crippen molar-refractivity contribution in [3.05, 3.63) is 40.5 Å². The normalized spacial score (nSPS) is 34.0. The Bertz CT molecular complexity index is 509. The molecular weight excluding hydrogens is 232 g/mol. The van der Waals surface area contributed by atoms with Gasteiger partial charge in [-0.25, -0.2) is 0 Å². The van der Waals surface area contributed by atoms with Gasteiger partial charge in [-0.1, -0.05) is 24.3 Å². The topological polar surface area (TPSA) is 80.9 Å². The van der Waals surface area contributed by atoms with Crippen molar-refractivity contribution in [2.24, 2.45) is 0 Å². The van der Waals surface area contributed by atoms with Crippen LogP contribution in [0.5, 0.6) is 0 Å². The standard InChI is InChI=1S/C14H16O4/c15-10-6-4-8-9(13(10)17)3-1-7-2-5-11(16)14(18)12(7)8/h1-3,5,10-11,13-18H,4,6H2/t10-,11-,13+,14-/m0/s1. The quantitative estimate of drug-likeness (QED) is 0.537. The van der Waals surface area contributed by atoms with Crippen LogP contribution in [-0.2, 0) is 6.42 Å². The summed E-state index contributed by atoms with van der Waals surface area (Å²) in [5.74, 6) is 0. The predicted octanol–water partition coefficient (Wildman–Crippen LogP) is 0.448. The molecule has 0 aliphatic heterocycles. The van der Waals surface area contributed by atoms with Crippen LogP contribution in [0, 0.1) is 0 Å². The monoisotopic (exact) mass is 248 g/mol. The summed E-state index contributed by atoms with van der Waals surface area (Å²) < 4.78 is 0. The molecule has 0 heterocycles. The van der Waals surface area contributed by atoms with Crippen LogP contribution < -0.4 is 0 Å². The van der Waals surface area contributed by atoms with Gasteiger partial charge in [0.05, 0.1) is 6.10 Å². The third kappa shape index (κ3) is 1.61. The first-order chi connectivity index (χ1) is 8.59. The largest absolute Gasteiger partial charge is 0.390 e. The molecule has 0 saturated heterocycles. The van der Waals surface area contributed by atoms with Crippen molar-refractivity contribution in [2.45, 2.75) is 37.3 Å². The highest BCUT2D eigenvalue weighted by Crippen LogP contribution is 2.39. The van der Waals surface area contributed by atoms with Crippen LogP contribution in [-0.4, -0.2) is 32.6 Å². The summed E-state index contributed by atoms with van der Waals surface area (Å²) >= 11 is 0. The number of rotatable bonds is 0. The van der Waals surface area contributed by atoms with Gasteiger partial charge in [0.2, 0.25) is 0 Å². The van der Waals surface area contributed by atoms with Gasteiger partial charge in [-0.3, -0.25) is 0 Å². The SMILES string of the molecule is O[C@@H]1c2c(ccc3c2CC[C@H](O)[C@@H]3O)C=C[C@@H]1O. The maximum atomic E-state index is 10.1. The molecule has 4 heteroatoms. The molecule has 0 aromatic heterocycles. The summed E-state index contributed by atoms with van der Waals surface area (Å²) in [6.45, 7) is 0. The fourth-order valence-corrected chi connectivity index (χ4v) is 2.89. The third-order valence-corrected chi connectivity index (χ3v) is 3.89. The second kappa shape index (κ2) is 4.17. The molecule has 0 spiro atoms. The molecule has 4 atom stereocenters. The fraction of sp³-hybridized carbons (Fsp3) is 0.429. The number of aliphatic hydroxyl groups is 4. The third-order valence-electron chi connectivity index (χ3n) is 3.89. The van der Waals surface area contributed by atoms with Crippen LogP contribution >= 0.6 is 0 Å². The Labute approximate surface area is 105 Å². The Balaban J connectivity index is 2.17. The van der Waals surface area contributed by atoms with E-state index >= 15 is 0 Å². The Kier molecular flexibility index (Phi) is 2.75. The molecular formula is C14H16O4. The molecule has 0 fully saturated rings. The van der Waals surface area contributed by atoms with Gasteiger partial charge < -0.3 is 20.4 Å². The minimum atomic E-state index is -0.956. The number of fused-ring (bicyclic) bond motifs is 3. The lowest BCUT2D eigenvalue weighted by Crippen LogP contribution is -2.29. The van der Waals surface area contributed by atoms with Gasteiger partial charge in [0.25, 0.3) is 0 Å². The van der Waals surface area contributed by atoms with E-state index in [9.17, 15) is 20.4 Å². The first-order valence-corrected chi connectivity index (χ1v) is 6.15. The predicted molar refractivity (Wildman–Crippen MR) is 65.7 cm³/mol. The van der Waals surface area contributed by atoms with Crippen molar-refractivity contribution in [1.29, 1.82) is 0 Å². The molecule has 4 nitrogen and oxygen atoms in total. The Hall–Kier alpha value is -1.20. The smallest absolute Gasteiger partial charge is 0.109 e. The van der Waals surface area contributed by atoms with E-state index in [1.807, 2.05) is 0 Å². The molecule has 0 unspecified atom stereocenters. The number of hydrogen-bond donors (Lipinski definition) is 4. The average molecular weight is 248 g/mol. The van der Waals surface area contributed by atoms with Crippen LogP contribution in [0.2, 0.25) is 0 Å². The molecule has 18 heavy (non-hydrogen) atoms. The van der Waals surface area contributed by atoms with E-state index in [2.05, 4.69) is 0 Å². The fourth-order valence-electron chi connectivity index (χ4n) is 2.89. The van der Waals surface area contributed by atoms with Gasteiger partial charge in [0.15, 0.2) is 0 Å². The van der Waals surface area contributed by atoms with Crippen molar-refractivity contribution in [3.8, 4) is 0 Å². The highest BCUT2D eigenvalue weighted by molar-refractivity contribution is 5.62. The molecule has 1 aromatic carbocycles. The molecule has 2 aliphatic carbocycles. The van der Waals surface area contributed by atoms with Gasteiger partial charge in [0, 0.05) is 0 Å². The average Bonchev–Trinajstić information content (AvgIpc) is 2.37. The van der Waals surface area contributed by atoms with Crippen molar-refractivity contribution >= 4 is 6.08 Å². The van der Waals surface area contributed by atoms with Gasteiger partial charge in [-0.2, -0.15) is 0 Å². The molecule has 2 aliphatic rings. The van der Waals surface area contributed by atoms with Crippen LogP contribution in [0.15, 0.2) is 18.2 Å². The minimum Gasteiger partial charge on any atom is -0.390 e. The van der Waals surface area contributed by atoms with Gasteiger partial charge in [0.1, 0.15) is 18.3 Å². The molecule has 4 N–H and O–H groups in total. The maximum absolute atomic E-state index is 10.1. The molecule has 1 aromatic rings. The van der Waals surface area contributed by atoms with Gasteiger partial charge >= 0.3 is 0 Å². The summed E-state index contributed by atoms with van der Waals surface area (Å²) in [4.78, 5) is 0. The highest BCUT2D eigenvalue weighted by Gasteiger charge is 2.32. The lowest BCUT2D eigenvalue weighted by molar-refractivity contribution is 0.00477. The van der Waals surface area contributed by atoms with E-state index in [1.54, 1.807) is 24.3 Å². The first-order valence-electron chi connectivity index (χ1n) is 6.15. The van der Waals surface area contributed by atoms with Crippen molar-refractivity contribution in [1.82, 2.24) is 0 Å². The van der Waals surface area contributed by atoms with E-state index in [1.165, 1.54) is 0 Å². The van der Waals surface area contributed by atoms with E-state index in [-0.39, 0.29) is 0 Å². The summed E-state index contributed by atoms with van der Waals surface area (Å²) in [5, 5.41) is 39.4. The molecule has 96 valence electrons. The van der Waals surface area contributed by atoms with Gasteiger partial charge in [-0.05, 0) is 35.1 Å². The zero-order valence-corrected chi connectivity index (χ0v) is 9.82. The second-order valence-corrected chi connectivity index (χ2v) is 4.98. The number of benzene rings is 1. The Morgan fingerprint density at radius 2 is 1.78 bits per heavy atom. The summed E-state index contributed by atoms with van der Waals surface area (Å²) in [7, 11) is 0. The molecule has 3 rings (SSSR count). The Morgan fingerprint density at radius 3 is 2.56 bits per heavy atom. The molecule has 0 saturated carbocycles. The van der Waals surface area contributed by atoms with Crippen molar-refractivity contribution < 1.29 is 20.4 Å². The summed E-state index contributed by atoms with van der Waals surface area (Å²) in [6.07, 6.45) is 0.894. The van der Waals surface area contributed by atoms with Crippen LogP contribution in [0.25, 0.3) is 6.08 Å². The zero-order chi connectivity index (χ0) is 12.9. The van der Waals surface area contributed by atoms with E-state index in [0.29, 0.717) is 24.0 Å². The van der Waals surface area contributed by atoms with E-state index in [0.717, 1.165) is 11.1 Å². The van der Waals surface area contributed by atoms with Crippen LogP contribution in [0.1, 0.15) is 40.9 Å². The molecule has 0 bridgehead atoms. The molecule has 0 amide bonds. The lowest BCUT2D eigenvalue weighted by atomic mass is 9.79. The first kappa shape index (κ1) is 11.9. The van der Waals surface area contributed by atoms with Crippen LogP contribution in [0.3, 0.4) is 0 Å². The zero-order valence-electron chi connectivity index (χ0n) is 9.82. The summed E-state index contributed by atoms with van der Waals surface area (Å²) in [6, 6.07) is 3.59. The van der Waals surface area contributed by atoms with Crippen molar-refractivity contribution in [3.63, 3.8) is 0 Å². The number of hydrogen-bond acceptors (Lipinski definition) is 4. The Morgan fingerprint density at radius 1 is 1.00 bits per heavy atom. The lowest BCUT2D eigenvalue weighted by Gasteiger charge is -2.32. The van der Waals surface area contributed by atoms with Gasteiger partial charge in [-0.15, -0.1) is 0 Å². The number of aliphatic hydroxyl groups excluding tert-OH is 4. The van der Waals surface area contributed by atoms with E-state index in [4.69, 9.17) is 0 Å². The van der Waals surface area contributed by atoms with E-state index < -0.39 is 24.4 Å². The minimum absolute atomic E-state index is 0.469. The maximum Gasteiger partial charge on any atom is 0.109 e. The summed E-state index contributed by atoms with van der Waals surface area (Å²) in [5.41, 5.74) is 3.08.